The van der Waals surface area contributed by atoms with Gasteiger partial charge < -0.3 is 26.2 Å². The van der Waals surface area contributed by atoms with E-state index in [4.69, 9.17) is 5.73 Å². The summed E-state index contributed by atoms with van der Waals surface area (Å²) in [5, 5.41) is 42.6. The van der Waals surface area contributed by atoms with Gasteiger partial charge in [-0.15, -0.1) is 0 Å². The number of Topliss-reactive ketones (excluding diaryl/α,β-unsaturated/α-hetero) is 2. The van der Waals surface area contributed by atoms with Gasteiger partial charge in [0.05, 0.1) is 0 Å². The van der Waals surface area contributed by atoms with E-state index in [-0.39, 0.29) is 35.7 Å². The van der Waals surface area contributed by atoms with Crippen molar-refractivity contribution in [1.82, 2.24) is 0 Å². The molecule has 8 heteroatoms. The average molecular weight is 417 g/mol. The van der Waals surface area contributed by atoms with Gasteiger partial charge in [0.2, 0.25) is 5.78 Å². The summed E-state index contributed by atoms with van der Waals surface area (Å²) in [7, 11) is 0. The number of nitrogens with two attached hydrogens (primary N) is 1. The summed E-state index contributed by atoms with van der Waals surface area (Å²) < 4.78 is 0. The molecule has 4 atom stereocenters. The minimum absolute atomic E-state index is 0.110. The maximum Gasteiger partial charge on any atom is 0.255 e. The monoisotopic (exact) mass is 417 g/mol. The van der Waals surface area contributed by atoms with E-state index in [0.717, 1.165) is 12.8 Å². The van der Waals surface area contributed by atoms with Crippen LogP contribution in [0.15, 0.2) is 46.1 Å². The third kappa shape index (κ3) is 3.15. The lowest BCUT2D eigenvalue weighted by Gasteiger charge is -2.46. The molecule has 30 heavy (non-hydrogen) atoms. The summed E-state index contributed by atoms with van der Waals surface area (Å²) >= 11 is 0. The fraction of sp³-hybridized carbons (Fsp3) is 0.500. The van der Waals surface area contributed by atoms with Crippen LogP contribution in [0, 0.1) is 17.8 Å². The summed E-state index contributed by atoms with van der Waals surface area (Å²) in [6.07, 6.45) is 5.14. The normalized spacial score (nSPS) is 33.6. The predicted octanol–water partition coefficient (Wildman–Crippen LogP) is 2.21. The van der Waals surface area contributed by atoms with Gasteiger partial charge in [0, 0.05) is 23.5 Å². The number of aliphatic hydroxyl groups excluding tert-OH is 3. The smallest absolute Gasteiger partial charge is 0.255 e. The Bertz CT molecular complexity index is 939. The molecule has 6 N–H and O–H groups in total. The highest BCUT2D eigenvalue weighted by Crippen LogP contribution is 2.52. The fourth-order valence-corrected chi connectivity index (χ4v) is 4.90. The minimum Gasteiger partial charge on any atom is -0.511 e. The minimum atomic E-state index is -2.52. The number of primary amides is 1. The van der Waals surface area contributed by atoms with Crippen LogP contribution in [0.4, 0.5) is 0 Å². The van der Waals surface area contributed by atoms with Crippen molar-refractivity contribution in [3.8, 4) is 0 Å². The fourth-order valence-electron chi connectivity index (χ4n) is 4.90. The first kappa shape index (κ1) is 21.8. The molecule has 0 aromatic carbocycles. The molecule has 3 aliphatic rings. The Hall–Kier alpha value is -2.87. The van der Waals surface area contributed by atoms with E-state index >= 15 is 0 Å². The molecule has 0 aromatic heterocycles. The SMILES string of the molecule is CCC/C=C\C(O)=C1\C(=O)C2=C(O)[C@]3(O)C(=O)C(C(N)=O)=C(O)C[C@@H]3C[C@@H]2CC1C. The number of rotatable bonds is 4. The van der Waals surface area contributed by atoms with Crippen molar-refractivity contribution in [3.63, 3.8) is 0 Å². The lowest BCUT2D eigenvalue weighted by atomic mass is 9.59. The van der Waals surface area contributed by atoms with Crippen LogP contribution in [-0.2, 0) is 14.4 Å². The van der Waals surface area contributed by atoms with E-state index in [1.54, 1.807) is 13.0 Å². The van der Waals surface area contributed by atoms with E-state index in [9.17, 15) is 34.8 Å². The van der Waals surface area contributed by atoms with Crippen molar-refractivity contribution < 1.29 is 34.8 Å². The largest absolute Gasteiger partial charge is 0.511 e. The second-order valence-corrected chi connectivity index (χ2v) is 8.33. The first-order valence-corrected chi connectivity index (χ1v) is 10.1. The Morgan fingerprint density at radius 1 is 1.27 bits per heavy atom. The van der Waals surface area contributed by atoms with Gasteiger partial charge in [0.15, 0.2) is 11.4 Å². The standard InChI is InChI=1S/C22H27NO7/c1-3-4-5-6-13(24)15-10(2)7-11-8-12-9-14(25)17(21(23)29)20(28)22(12,30)19(27)16(11)18(15)26/h5-6,10-12,24-25,27,30H,3-4,7-9H2,1-2H3,(H2,23,29)/b6-5-,15-13-/t10?,11-,12-,22-/m0/s1. The van der Waals surface area contributed by atoms with Gasteiger partial charge in [-0.05, 0) is 37.2 Å². The molecule has 1 saturated carbocycles. The molecular formula is C22H27NO7. The van der Waals surface area contributed by atoms with Crippen LogP contribution in [0.25, 0.3) is 0 Å². The van der Waals surface area contributed by atoms with Crippen LogP contribution in [0.1, 0.15) is 46.0 Å². The van der Waals surface area contributed by atoms with Crippen molar-refractivity contribution in [2.24, 2.45) is 23.5 Å². The second kappa shape index (κ2) is 7.75. The zero-order valence-electron chi connectivity index (χ0n) is 17.0. The summed E-state index contributed by atoms with van der Waals surface area (Å²) in [5.41, 5.74) is 1.87. The molecule has 8 nitrogen and oxygen atoms in total. The van der Waals surface area contributed by atoms with Crippen molar-refractivity contribution in [2.75, 3.05) is 0 Å². The molecule has 1 unspecified atom stereocenters. The van der Waals surface area contributed by atoms with Crippen LogP contribution in [0.2, 0.25) is 0 Å². The van der Waals surface area contributed by atoms with Crippen molar-refractivity contribution in [1.29, 1.82) is 0 Å². The van der Waals surface area contributed by atoms with Crippen molar-refractivity contribution >= 4 is 17.5 Å². The van der Waals surface area contributed by atoms with Crippen molar-refractivity contribution in [2.45, 2.75) is 51.6 Å². The highest BCUT2D eigenvalue weighted by atomic mass is 16.3. The summed E-state index contributed by atoms with van der Waals surface area (Å²) in [4.78, 5) is 37.7. The molecule has 0 bridgehead atoms. The van der Waals surface area contributed by atoms with Gasteiger partial charge in [0.1, 0.15) is 22.9 Å². The first-order chi connectivity index (χ1) is 14.0. The molecule has 0 heterocycles. The average Bonchev–Trinajstić information content (AvgIpc) is 2.64. The third-order valence-corrected chi connectivity index (χ3v) is 6.36. The molecule has 0 aromatic rings. The van der Waals surface area contributed by atoms with Crippen LogP contribution in [0.5, 0.6) is 0 Å². The number of carbonyl (C=O) groups excluding carboxylic acids is 3. The molecule has 1 fully saturated rings. The molecule has 0 radical (unpaired) electrons. The molecule has 3 aliphatic carbocycles. The van der Waals surface area contributed by atoms with Gasteiger partial charge >= 0.3 is 0 Å². The number of amides is 1. The van der Waals surface area contributed by atoms with Gasteiger partial charge in [-0.25, -0.2) is 0 Å². The number of carbonyl (C=O) groups is 3. The molecular weight excluding hydrogens is 390 g/mol. The van der Waals surface area contributed by atoms with Gasteiger partial charge in [-0.2, -0.15) is 0 Å². The number of allylic oxidation sites excluding steroid dienone is 5. The Labute approximate surface area is 174 Å². The summed E-state index contributed by atoms with van der Waals surface area (Å²) in [5.74, 6) is -6.26. The van der Waals surface area contributed by atoms with Crippen molar-refractivity contribution in [3.05, 3.63) is 46.1 Å². The number of hydrogen-bond donors (Lipinski definition) is 5. The predicted molar refractivity (Wildman–Crippen MR) is 107 cm³/mol. The topological polar surface area (TPSA) is 158 Å². The molecule has 162 valence electrons. The van der Waals surface area contributed by atoms with Crippen LogP contribution in [-0.4, -0.2) is 43.5 Å². The zero-order valence-corrected chi connectivity index (χ0v) is 17.0. The highest BCUT2D eigenvalue weighted by Gasteiger charge is 2.59. The van der Waals surface area contributed by atoms with Gasteiger partial charge in [-0.3, -0.25) is 14.4 Å². The quantitative estimate of drug-likeness (QED) is 0.266. The van der Waals surface area contributed by atoms with Crippen LogP contribution in [0.3, 0.4) is 0 Å². The zero-order chi connectivity index (χ0) is 22.4. The van der Waals surface area contributed by atoms with Crippen LogP contribution < -0.4 is 5.73 Å². The Kier molecular flexibility index (Phi) is 5.64. The van der Waals surface area contributed by atoms with Gasteiger partial charge in [0.25, 0.3) is 5.91 Å². The molecule has 0 aliphatic heterocycles. The lowest BCUT2D eigenvalue weighted by molar-refractivity contribution is -0.145. The maximum absolute atomic E-state index is 13.2. The lowest BCUT2D eigenvalue weighted by Crippen LogP contribution is -2.57. The number of hydrogen-bond acceptors (Lipinski definition) is 7. The summed E-state index contributed by atoms with van der Waals surface area (Å²) in [6.45, 7) is 3.77. The molecule has 3 rings (SSSR count). The number of fused-ring (bicyclic) bond motifs is 2. The van der Waals surface area contributed by atoms with E-state index in [0.29, 0.717) is 6.42 Å². The Morgan fingerprint density at radius 3 is 2.53 bits per heavy atom. The van der Waals surface area contributed by atoms with E-state index in [1.165, 1.54) is 6.08 Å². The number of ketones is 2. The van der Waals surface area contributed by atoms with E-state index in [1.807, 2.05) is 6.92 Å². The molecule has 0 saturated heterocycles. The summed E-state index contributed by atoms with van der Waals surface area (Å²) in [6, 6.07) is 0. The van der Waals surface area contributed by atoms with Gasteiger partial charge in [-0.1, -0.05) is 26.3 Å². The number of unbranched alkanes of at least 4 members (excludes halogenated alkanes) is 1. The third-order valence-electron chi connectivity index (χ3n) is 6.36. The van der Waals surface area contributed by atoms with E-state index < -0.39 is 52.0 Å². The molecule has 1 amide bonds. The van der Waals surface area contributed by atoms with E-state index in [2.05, 4.69) is 0 Å². The Morgan fingerprint density at radius 2 is 1.93 bits per heavy atom. The first-order valence-electron chi connectivity index (χ1n) is 10.1. The molecule has 0 spiro atoms. The maximum atomic E-state index is 13.2. The second-order valence-electron chi connectivity index (χ2n) is 8.33. The van der Waals surface area contributed by atoms with Crippen LogP contribution >= 0.6 is 0 Å². The Balaban J connectivity index is 2.12. The highest BCUT2D eigenvalue weighted by molar-refractivity contribution is 6.24. The number of aliphatic hydroxyl groups is 4.